The largest absolute Gasteiger partial charge is 0.497 e. The van der Waals surface area contributed by atoms with E-state index in [1.807, 2.05) is 72.8 Å². The number of amides is 1. The molecule has 340 valence electrons. The van der Waals surface area contributed by atoms with Crippen molar-refractivity contribution in [2.75, 3.05) is 59.6 Å². The summed E-state index contributed by atoms with van der Waals surface area (Å²) in [5, 5.41) is 15.4. The Morgan fingerprint density at radius 2 is 1.49 bits per heavy atom. The molecule has 0 spiro atoms. The van der Waals surface area contributed by atoms with Crippen molar-refractivity contribution in [3.63, 3.8) is 0 Å². The Hall–Kier alpha value is -4.19. The van der Waals surface area contributed by atoms with Gasteiger partial charge in [0.1, 0.15) is 11.5 Å². The zero-order chi connectivity index (χ0) is 44.1. The van der Waals surface area contributed by atoms with E-state index in [4.69, 9.17) is 32.7 Å². The molecule has 3 fully saturated rings. The second-order valence-electron chi connectivity index (χ2n) is 16.1. The molecule has 1 amide bonds. The van der Waals surface area contributed by atoms with Crippen LogP contribution < -0.4 is 14.8 Å². The van der Waals surface area contributed by atoms with Gasteiger partial charge in [0, 0.05) is 38.1 Å². The number of rotatable bonds is 24. The Bertz CT molecular complexity index is 2120. The molecule has 3 aliphatic heterocycles. The van der Waals surface area contributed by atoms with Crippen LogP contribution in [0.15, 0.2) is 114 Å². The summed E-state index contributed by atoms with van der Waals surface area (Å²) in [5.41, 5.74) is 2.51. The van der Waals surface area contributed by atoms with Gasteiger partial charge in [-0.05, 0) is 84.7 Å². The molecule has 3 aliphatic rings. The van der Waals surface area contributed by atoms with Crippen molar-refractivity contribution in [1.82, 2.24) is 14.5 Å². The van der Waals surface area contributed by atoms with Crippen LogP contribution in [-0.2, 0) is 62.3 Å². The second kappa shape index (κ2) is 22.6. The Labute approximate surface area is 370 Å². The number of benzene rings is 4. The fourth-order valence-electron chi connectivity index (χ4n) is 7.97. The molecule has 17 heteroatoms. The summed E-state index contributed by atoms with van der Waals surface area (Å²) in [5.74, 6) is 1.05. The van der Waals surface area contributed by atoms with Crippen LogP contribution in [0.4, 0.5) is 0 Å². The van der Waals surface area contributed by atoms with Crippen molar-refractivity contribution >= 4 is 24.0 Å². The molecular weight excluding hydrogens is 850 g/mol. The smallest absolute Gasteiger partial charge is 0.368 e. The van der Waals surface area contributed by atoms with E-state index in [1.54, 1.807) is 29.2 Å². The molecule has 5 atom stereocenters. The van der Waals surface area contributed by atoms with Crippen LogP contribution >= 0.6 is 7.60 Å². The average Bonchev–Trinajstić information content (AvgIpc) is 3.95. The molecule has 3 saturated heterocycles. The van der Waals surface area contributed by atoms with Gasteiger partial charge in [0.05, 0.1) is 57.4 Å². The summed E-state index contributed by atoms with van der Waals surface area (Å²) in [6.45, 7) is 2.27. The normalized spacial score (nSPS) is 20.4. The van der Waals surface area contributed by atoms with Gasteiger partial charge >= 0.3 is 7.60 Å². The summed E-state index contributed by atoms with van der Waals surface area (Å²) in [7, 11) is -6.29. The Morgan fingerprint density at radius 3 is 2.11 bits per heavy atom. The number of fused-ring (bicyclic) bond motifs is 1. The van der Waals surface area contributed by atoms with E-state index in [2.05, 4.69) is 5.32 Å². The standard InChI is InChI=1S/C46H58N3O12PS/c1-55-39-16-18-41(19-17-39)63(53,54)49(27-36-20-23-48(33-50)24-21-36)28-44(51)43(47-32-58-45-31-57-46-42(45)22-25-56-46)26-35-12-14-40(15-13-35)59-34-62(52,60-29-37-8-4-2-5-9-37)61-30-38-10-6-3-7-11-38/h2-19,33,36,42-47,51H,20-32,34H2,1H3/t42-,43-,44+,45?,46+/m0/s1. The van der Waals surface area contributed by atoms with Crippen molar-refractivity contribution in [2.24, 2.45) is 11.8 Å². The summed E-state index contributed by atoms with van der Waals surface area (Å²) >= 11 is 0. The van der Waals surface area contributed by atoms with E-state index >= 15 is 0 Å². The predicted molar refractivity (Wildman–Crippen MR) is 234 cm³/mol. The highest BCUT2D eigenvalue weighted by Gasteiger charge is 2.42. The second-order valence-corrected chi connectivity index (χ2v) is 20.0. The molecule has 4 aromatic rings. The number of sulfonamides is 1. The van der Waals surface area contributed by atoms with Gasteiger partial charge < -0.3 is 42.7 Å². The van der Waals surface area contributed by atoms with Crippen LogP contribution in [-0.4, -0.2) is 113 Å². The number of methoxy groups -OCH3 is 1. The van der Waals surface area contributed by atoms with Gasteiger partial charge in [-0.25, -0.2) is 8.42 Å². The van der Waals surface area contributed by atoms with Crippen LogP contribution in [0.3, 0.4) is 0 Å². The van der Waals surface area contributed by atoms with E-state index in [0.717, 1.165) is 29.5 Å². The summed E-state index contributed by atoms with van der Waals surface area (Å²) in [6.07, 6.45) is 1.25. The third-order valence-electron chi connectivity index (χ3n) is 11.8. The number of aliphatic hydroxyl groups is 1. The van der Waals surface area contributed by atoms with Crippen LogP contribution in [0.25, 0.3) is 0 Å². The third kappa shape index (κ3) is 13.2. The van der Waals surface area contributed by atoms with Gasteiger partial charge in [-0.2, -0.15) is 4.31 Å². The molecule has 0 radical (unpaired) electrons. The van der Waals surface area contributed by atoms with Gasteiger partial charge in [-0.3, -0.25) is 14.7 Å². The maximum atomic E-state index is 14.3. The molecule has 0 aromatic heterocycles. The van der Waals surface area contributed by atoms with E-state index in [1.165, 1.54) is 23.5 Å². The van der Waals surface area contributed by atoms with E-state index < -0.39 is 29.8 Å². The van der Waals surface area contributed by atoms with Gasteiger partial charge in [0.25, 0.3) is 0 Å². The number of nitrogens with one attached hydrogen (secondary N) is 1. The highest BCUT2D eigenvalue weighted by atomic mass is 32.2. The number of aliphatic hydroxyl groups excluding tert-OH is 1. The first-order chi connectivity index (χ1) is 30.6. The lowest BCUT2D eigenvalue weighted by molar-refractivity contribution is -0.119. The zero-order valence-electron chi connectivity index (χ0n) is 35.5. The maximum absolute atomic E-state index is 14.3. The lowest BCUT2D eigenvalue weighted by Gasteiger charge is -2.35. The minimum Gasteiger partial charge on any atom is -0.497 e. The number of likely N-dealkylation sites (tertiary alicyclic amines) is 1. The first kappa shape index (κ1) is 46.8. The van der Waals surface area contributed by atoms with E-state index in [-0.39, 0.29) is 68.5 Å². The fourth-order valence-corrected chi connectivity index (χ4v) is 10.7. The molecule has 1 unspecified atom stereocenters. The molecule has 4 aromatic carbocycles. The Morgan fingerprint density at radius 1 is 0.857 bits per heavy atom. The number of nitrogens with zero attached hydrogens (tertiary/aromatic N) is 2. The number of hydrogen-bond donors (Lipinski definition) is 2. The molecule has 7 rings (SSSR count). The molecule has 0 aliphatic carbocycles. The summed E-state index contributed by atoms with van der Waals surface area (Å²) in [4.78, 5) is 13.2. The highest BCUT2D eigenvalue weighted by Crippen LogP contribution is 2.50. The van der Waals surface area contributed by atoms with Gasteiger partial charge in [-0.15, -0.1) is 0 Å². The maximum Gasteiger partial charge on any atom is 0.368 e. The van der Waals surface area contributed by atoms with Crippen LogP contribution in [0.5, 0.6) is 11.5 Å². The zero-order valence-corrected chi connectivity index (χ0v) is 37.2. The number of carbonyl (C=O) groups excluding carboxylic acids is 1. The number of ether oxygens (including phenoxy) is 5. The molecule has 3 heterocycles. The van der Waals surface area contributed by atoms with E-state index in [9.17, 15) is 22.9 Å². The number of carbonyl (C=O) groups is 1. The van der Waals surface area contributed by atoms with Crippen LogP contribution in [0, 0.1) is 11.8 Å². The monoisotopic (exact) mass is 907 g/mol. The fraction of sp³-hybridized carbons (Fsp3) is 0.457. The van der Waals surface area contributed by atoms with E-state index in [0.29, 0.717) is 57.1 Å². The number of piperidine rings is 1. The minimum atomic E-state index is -4.07. The Kier molecular flexibility index (Phi) is 16.8. The van der Waals surface area contributed by atoms with Gasteiger partial charge in [0.2, 0.25) is 16.4 Å². The third-order valence-corrected chi connectivity index (χ3v) is 15.1. The topological polar surface area (TPSA) is 172 Å². The van der Waals surface area contributed by atoms with Gasteiger partial charge in [0.15, 0.2) is 12.6 Å². The summed E-state index contributed by atoms with van der Waals surface area (Å²) < 4.78 is 84.8. The lowest BCUT2D eigenvalue weighted by Crippen LogP contribution is -2.51. The quantitative estimate of drug-likeness (QED) is 0.0491. The minimum absolute atomic E-state index is 0.0181. The molecule has 2 N–H and O–H groups in total. The Balaban J connectivity index is 1.05. The van der Waals surface area contributed by atoms with Crippen molar-refractivity contribution in [1.29, 1.82) is 0 Å². The van der Waals surface area contributed by atoms with Gasteiger partial charge in [-0.1, -0.05) is 72.8 Å². The van der Waals surface area contributed by atoms with Crippen LogP contribution in [0.1, 0.15) is 36.0 Å². The van der Waals surface area contributed by atoms with Crippen LogP contribution in [0.2, 0.25) is 0 Å². The first-order valence-electron chi connectivity index (χ1n) is 21.4. The first-order valence-corrected chi connectivity index (χ1v) is 24.5. The van der Waals surface area contributed by atoms with Crippen molar-refractivity contribution in [3.05, 3.63) is 126 Å². The lowest BCUT2D eigenvalue weighted by atomic mass is 9.96. The molecular formula is C46H58N3O12PS. The SMILES string of the molecule is COc1ccc(S(=O)(=O)N(CC2CCN(C=O)CC2)C[C@@H](O)[C@H](Cc2ccc(OCP(=O)(OCc3ccccc3)OCc3ccccc3)cc2)NCOC2CO[C@H]3OCC[C@@H]23)cc1. The summed E-state index contributed by atoms with van der Waals surface area (Å²) in [6, 6.07) is 31.6. The highest BCUT2D eigenvalue weighted by molar-refractivity contribution is 7.89. The molecule has 0 saturated carbocycles. The number of hydrogen-bond acceptors (Lipinski definition) is 13. The molecule has 0 bridgehead atoms. The predicted octanol–water partition coefficient (Wildman–Crippen LogP) is 5.81. The van der Waals surface area contributed by atoms with Crippen molar-refractivity contribution < 1.29 is 55.6 Å². The van der Waals surface area contributed by atoms with Crippen molar-refractivity contribution in [2.45, 2.75) is 68.3 Å². The molecule has 63 heavy (non-hydrogen) atoms. The average molecular weight is 908 g/mol. The van der Waals surface area contributed by atoms with Crippen molar-refractivity contribution in [3.8, 4) is 11.5 Å². The molecule has 15 nitrogen and oxygen atoms in total.